The van der Waals surface area contributed by atoms with Gasteiger partial charge < -0.3 is 0 Å². The lowest BCUT2D eigenvalue weighted by Gasteiger charge is -2.04. The van der Waals surface area contributed by atoms with Crippen LogP contribution in [0.3, 0.4) is 0 Å². The van der Waals surface area contributed by atoms with Crippen LogP contribution in [-0.2, 0) is 0 Å². The first-order valence-electron chi connectivity index (χ1n) is 5.29. The fourth-order valence-corrected chi connectivity index (χ4v) is 3.04. The highest BCUT2D eigenvalue weighted by Gasteiger charge is 2.10. The Morgan fingerprint density at radius 1 is 1.26 bits per heavy atom. The number of halogens is 3. The van der Waals surface area contributed by atoms with Crippen LogP contribution in [0, 0.1) is 0 Å². The van der Waals surface area contributed by atoms with Crippen LogP contribution in [0.2, 0.25) is 10.0 Å². The molecule has 0 amide bonds. The van der Waals surface area contributed by atoms with Crippen LogP contribution in [-0.4, -0.2) is 16.5 Å². The number of aromatic nitrogens is 1. The van der Waals surface area contributed by atoms with Gasteiger partial charge in [-0.05, 0) is 46.3 Å². The van der Waals surface area contributed by atoms with Crippen molar-refractivity contribution < 1.29 is 4.79 Å². The van der Waals surface area contributed by atoms with E-state index in [1.807, 2.05) is 12.1 Å². The minimum atomic E-state index is -0.0129. The summed E-state index contributed by atoms with van der Waals surface area (Å²) in [6, 6.07) is 8.59. The highest BCUT2D eigenvalue weighted by Crippen LogP contribution is 2.27. The Kier molecular flexibility index (Phi) is 5.28. The Balaban J connectivity index is 2.05. The maximum atomic E-state index is 12.0. The molecule has 19 heavy (non-hydrogen) atoms. The minimum absolute atomic E-state index is 0.0129. The van der Waals surface area contributed by atoms with Gasteiger partial charge in [0.2, 0.25) is 0 Å². The van der Waals surface area contributed by atoms with E-state index in [-0.39, 0.29) is 5.78 Å². The van der Waals surface area contributed by atoms with Crippen molar-refractivity contribution in [2.45, 2.75) is 5.03 Å². The summed E-state index contributed by atoms with van der Waals surface area (Å²) in [5.41, 5.74) is 0.550. The predicted molar refractivity (Wildman–Crippen MR) is 83.5 cm³/mol. The zero-order valence-corrected chi connectivity index (χ0v) is 13.5. The molecule has 2 rings (SSSR count). The molecule has 0 saturated heterocycles. The molecule has 0 unspecified atom stereocenters. The largest absolute Gasteiger partial charge is 0.293 e. The van der Waals surface area contributed by atoms with Crippen molar-refractivity contribution in [1.29, 1.82) is 0 Å². The van der Waals surface area contributed by atoms with E-state index in [1.54, 1.807) is 24.4 Å². The summed E-state index contributed by atoms with van der Waals surface area (Å²) in [5.74, 6) is 0.286. The van der Waals surface area contributed by atoms with Gasteiger partial charge >= 0.3 is 0 Å². The number of ketones is 1. The lowest BCUT2D eigenvalue weighted by molar-refractivity contribution is 0.102. The minimum Gasteiger partial charge on any atom is -0.293 e. The average molecular weight is 377 g/mol. The SMILES string of the molecule is O=C(CSc1ncccc1Br)c1ccc(Cl)c(Cl)c1. The maximum Gasteiger partial charge on any atom is 0.173 e. The standard InChI is InChI=1S/C13H8BrCl2NOS/c14-9-2-1-5-17-13(9)19-7-12(18)8-3-4-10(15)11(16)6-8/h1-6H,7H2. The first-order valence-corrected chi connectivity index (χ1v) is 7.83. The molecule has 0 radical (unpaired) electrons. The van der Waals surface area contributed by atoms with Crippen molar-refractivity contribution in [2.75, 3.05) is 5.75 Å². The Labute approximate surface area is 133 Å². The molecule has 0 spiro atoms. The summed E-state index contributed by atoms with van der Waals surface area (Å²) in [6.45, 7) is 0. The number of hydrogen-bond acceptors (Lipinski definition) is 3. The molecular weight excluding hydrogens is 369 g/mol. The zero-order chi connectivity index (χ0) is 13.8. The molecule has 0 atom stereocenters. The molecule has 0 N–H and O–H groups in total. The van der Waals surface area contributed by atoms with E-state index in [2.05, 4.69) is 20.9 Å². The molecule has 98 valence electrons. The third-order valence-corrected chi connectivity index (χ3v) is 4.95. The second kappa shape index (κ2) is 6.75. The van der Waals surface area contributed by atoms with Gasteiger partial charge in [-0.15, -0.1) is 0 Å². The van der Waals surface area contributed by atoms with Crippen molar-refractivity contribution in [1.82, 2.24) is 4.98 Å². The molecule has 0 aliphatic heterocycles. The number of carbonyl (C=O) groups is 1. The quantitative estimate of drug-likeness (QED) is 0.547. The molecule has 0 fully saturated rings. The number of hydrogen-bond donors (Lipinski definition) is 0. The Morgan fingerprint density at radius 3 is 2.74 bits per heavy atom. The van der Waals surface area contributed by atoms with Crippen LogP contribution in [0.5, 0.6) is 0 Å². The number of Topliss-reactive ketones (excluding diaryl/α,β-unsaturated/α-hetero) is 1. The molecular formula is C13H8BrCl2NOS. The number of rotatable bonds is 4. The molecule has 0 saturated carbocycles. The Hall–Kier alpha value is -0.550. The molecule has 1 aromatic heterocycles. The number of pyridine rings is 1. The average Bonchev–Trinajstić information content (AvgIpc) is 2.40. The van der Waals surface area contributed by atoms with Crippen LogP contribution in [0.1, 0.15) is 10.4 Å². The highest BCUT2D eigenvalue weighted by molar-refractivity contribution is 9.10. The van der Waals surface area contributed by atoms with Gasteiger partial charge in [-0.1, -0.05) is 35.0 Å². The van der Waals surface area contributed by atoms with Crippen molar-refractivity contribution in [2.24, 2.45) is 0 Å². The highest BCUT2D eigenvalue weighted by atomic mass is 79.9. The maximum absolute atomic E-state index is 12.0. The predicted octanol–water partition coefficient (Wildman–Crippen LogP) is 5.13. The van der Waals surface area contributed by atoms with Gasteiger partial charge in [-0.25, -0.2) is 4.98 Å². The smallest absolute Gasteiger partial charge is 0.173 e. The number of nitrogens with zero attached hydrogens (tertiary/aromatic N) is 1. The van der Waals surface area contributed by atoms with E-state index in [4.69, 9.17) is 23.2 Å². The fourth-order valence-electron chi connectivity index (χ4n) is 1.36. The van der Waals surface area contributed by atoms with E-state index < -0.39 is 0 Å². The zero-order valence-electron chi connectivity index (χ0n) is 9.57. The van der Waals surface area contributed by atoms with Gasteiger partial charge in [0.25, 0.3) is 0 Å². The summed E-state index contributed by atoms with van der Waals surface area (Å²) in [4.78, 5) is 16.2. The van der Waals surface area contributed by atoms with Crippen LogP contribution in [0.25, 0.3) is 0 Å². The normalized spacial score (nSPS) is 10.5. The second-order valence-electron chi connectivity index (χ2n) is 3.63. The molecule has 1 aromatic carbocycles. The molecule has 2 nitrogen and oxygen atoms in total. The Morgan fingerprint density at radius 2 is 2.05 bits per heavy atom. The van der Waals surface area contributed by atoms with Gasteiger partial charge in [-0.3, -0.25) is 4.79 Å². The van der Waals surface area contributed by atoms with Crippen molar-refractivity contribution >= 4 is 56.7 Å². The molecule has 0 bridgehead atoms. The van der Waals surface area contributed by atoms with E-state index in [1.165, 1.54) is 11.8 Å². The van der Waals surface area contributed by atoms with Crippen molar-refractivity contribution in [3.8, 4) is 0 Å². The van der Waals surface area contributed by atoms with Crippen molar-refractivity contribution in [3.63, 3.8) is 0 Å². The lowest BCUT2D eigenvalue weighted by atomic mass is 10.1. The van der Waals surface area contributed by atoms with Crippen LogP contribution in [0.4, 0.5) is 0 Å². The summed E-state index contributed by atoms with van der Waals surface area (Å²) in [6.07, 6.45) is 1.69. The number of carbonyl (C=O) groups excluding carboxylic acids is 1. The van der Waals surface area contributed by atoms with Crippen LogP contribution in [0.15, 0.2) is 46.0 Å². The van der Waals surface area contributed by atoms with E-state index in [0.717, 1.165) is 9.50 Å². The fraction of sp³-hybridized carbons (Fsp3) is 0.0769. The number of thioether (sulfide) groups is 1. The third-order valence-electron chi connectivity index (χ3n) is 2.31. The van der Waals surface area contributed by atoms with E-state index in [9.17, 15) is 4.79 Å². The monoisotopic (exact) mass is 375 g/mol. The van der Waals surface area contributed by atoms with E-state index >= 15 is 0 Å². The summed E-state index contributed by atoms with van der Waals surface area (Å²) in [7, 11) is 0. The van der Waals surface area contributed by atoms with E-state index in [0.29, 0.717) is 21.4 Å². The van der Waals surface area contributed by atoms with Crippen LogP contribution >= 0.6 is 50.9 Å². The third kappa shape index (κ3) is 3.96. The Bertz CT molecular complexity index is 621. The van der Waals surface area contributed by atoms with Gasteiger partial charge in [0, 0.05) is 16.2 Å². The lowest BCUT2D eigenvalue weighted by Crippen LogP contribution is -2.02. The first-order chi connectivity index (χ1) is 9.08. The molecule has 6 heteroatoms. The van der Waals surface area contributed by atoms with Gasteiger partial charge in [0.1, 0.15) is 5.03 Å². The molecule has 2 aromatic rings. The van der Waals surface area contributed by atoms with Gasteiger partial charge in [0.05, 0.1) is 15.8 Å². The number of benzene rings is 1. The molecule has 0 aliphatic carbocycles. The molecule has 0 aliphatic rings. The molecule has 1 heterocycles. The van der Waals surface area contributed by atoms with Gasteiger partial charge in [-0.2, -0.15) is 0 Å². The second-order valence-corrected chi connectivity index (χ2v) is 6.26. The summed E-state index contributed by atoms with van der Waals surface area (Å²) in [5, 5.41) is 1.62. The topological polar surface area (TPSA) is 30.0 Å². The summed E-state index contributed by atoms with van der Waals surface area (Å²) < 4.78 is 0.877. The first kappa shape index (κ1) is 14.9. The summed E-state index contributed by atoms with van der Waals surface area (Å²) >= 11 is 16.5. The van der Waals surface area contributed by atoms with Crippen LogP contribution < -0.4 is 0 Å². The van der Waals surface area contributed by atoms with Crippen molar-refractivity contribution in [3.05, 3.63) is 56.6 Å². The van der Waals surface area contributed by atoms with Gasteiger partial charge in [0.15, 0.2) is 5.78 Å².